The SMILES string of the molecule is NC(=O)[C@@H]1CCC[NH+](CC(=O)Nc2cccc(Cl)c2Cl)C1. The summed E-state index contributed by atoms with van der Waals surface area (Å²) in [6.07, 6.45) is 1.70. The van der Waals surface area contributed by atoms with Crippen LogP contribution < -0.4 is 16.0 Å². The molecule has 2 rings (SSSR count). The van der Waals surface area contributed by atoms with Gasteiger partial charge >= 0.3 is 0 Å². The fraction of sp³-hybridized carbons (Fsp3) is 0.429. The van der Waals surface area contributed by atoms with Gasteiger partial charge in [0.25, 0.3) is 5.91 Å². The van der Waals surface area contributed by atoms with Gasteiger partial charge in [-0.05, 0) is 25.0 Å². The molecule has 21 heavy (non-hydrogen) atoms. The third-order valence-corrected chi connectivity index (χ3v) is 4.48. The Morgan fingerprint density at radius 3 is 2.86 bits per heavy atom. The summed E-state index contributed by atoms with van der Waals surface area (Å²) >= 11 is 11.9. The van der Waals surface area contributed by atoms with E-state index in [1.165, 1.54) is 0 Å². The number of nitrogens with two attached hydrogens (primary N) is 1. The maximum absolute atomic E-state index is 12.1. The molecule has 7 heteroatoms. The number of amides is 2. The highest BCUT2D eigenvalue weighted by atomic mass is 35.5. The number of hydrogen-bond acceptors (Lipinski definition) is 2. The molecule has 1 aromatic carbocycles. The number of benzene rings is 1. The number of hydrogen-bond donors (Lipinski definition) is 3. The smallest absolute Gasteiger partial charge is 0.279 e. The van der Waals surface area contributed by atoms with Crippen molar-refractivity contribution in [3.63, 3.8) is 0 Å². The van der Waals surface area contributed by atoms with Crippen LogP contribution in [0.25, 0.3) is 0 Å². The molecule has 1 unspecified atom stereocenters. The minimum atomic E-state index is -0.287. The van der Waals surface area contributed by atoms with E-state index in [4.69, 9.17) is 28.9 Å². The number of carbonyl (C=O) groups is 2. The summed E-state index contributed by atoms with van der Waals surface area (Å²) in [7, 11) is 0. The van der Waals surface area contributed by atoms with Gasteiger partial charge in [0.1, 0.15) is 0 Å². The van der Waals surface area contributed by atoms with E-state index >= 15 is 0 Å². The minimum Gasteiger partial charge on any atom is -0.369 e. The molecule has 0 aliphatic carbocycles. The normalized spacial score (nSPS) is 21.8. The molecule has 1 aliphatic heterocycles. The van der Waals surface area contributed by atoms with Gasteiger partial charge in [0.15, 0.2) is 6.54 Å². The molecule has 0 spiro atoms. The molecule has 0 bridgehead atoms. The number of anilines is 1. The van der Waals surface area contributed by atoms with Gasteiger partial charge in [-0.2, -0.15) is 0 Å². The number of nitrogens with one attached hydrogen (secondary N) is 2. The van der Waals surface area contributed by atoms with Crippen molar-refractivity contribution < 1.29 is 14.5 Å². The number of quaternary nitrogens is 1. The molecule has 1 saturated heterocycles. The Hall–Kier alpha value is -1.30. The maximum Gasteiger partial charge on any atom is 0.279 e. The zero-order valence-corrected chi connectivity index (χ0v) is 13.0. The first-order valence-corrected chi connectivity index (χ1v) is 7.59. The van der Waals surface area contributed by atoms with Crippen molar-refractivity contribution in [3.8, 4) is 0 Å². The Bertz CT molecular complexity index is 551. The Morgan fingerprint density at radius 2 is 2.14 bits per heavy atom. The monoisotopic (exact) mass is 330 g/mol. The second-order valence-electron chi connectivity index (χ2n) is 5.27. The number of primary amides is 1. The van der Waals surface area contributed by atoms with Crippen molar-refractivity contribution in [2.24, 2.45) is 11.7 Å². The first-order valence-electron chi connectivity index (χ1n) is 6.84. The van der Waals surface area contributed by atoms with Crippen molar-refractivity contribution in [2.75, 3.05) is 25.0 Å². The van der Waals surface area contributed by atoms with Gasteiger partial charge in [-0.3, -0.25) is 9.59 Å². The zero-order chi connectivity index (χ0) is 15.4. The van der Waals surface area contributed by atoms with Crippen molar-refractivity contribution in [1.82, 2.24) is 0 Å². The molecule has 1 fully saturated rings. The standard InChI is InChI=1S/C14H17Cl2N3O2/c15-10-4-1-5-11(13(10)16)18-12(20)8-19-6-2-3-9(7-19)14(17)21/h1,4-5,9H,2-3,6-8H2,(H2,17,21)(H,18,20)/p+1/t9-/m1/s1. The lowest BCUT2D eigenvalue weighted by molar-refractivity contribution is -0.899. The molecule has 0 saturated carbocycles. The number of rotatable bonds is 4. The summed E-state index contributed by atoms with van der Waals surface area (Å²) in [6, 6.07) is 5.08. The van der Waals surface area contributed by atoms with E-state index in [2.05, 4.69) is 5.32 Å². The average Bonchev–Trinajstić information content (AvgIpc) is 2.44. The van der Waals surface area contributed by atoms with Crippen LogP contribution in [0, 0.1) is 5.92 Å². The van der Waals surface area contributed by atoms with Crippen LogP contribution in [0.15, 0.2) is 18.2 Å². The van der Waals surface area contributed by atoms with E-state index in [0.29, 0.717) is 22.3 Å². The summed E-state index contributed by atoms with van der Waals surface area (Å²) in [6.45, 7) is 1.75. The lowest BCUT2D eigenvalue weighted by Crippen LogP contribution is -3.14. The topological polar surface area (TPSA) is 76.6 Å². The number of halogens is 2. The summed E-state index contributed by atoms with van der Waals surface area (Å²) < 4.78 is 0. The summed E-state index contributed by atoms with van der Waals surface area (Å²) in [5.74, 6) is -0.582. The molecule has 114 valence electrons. The molecule has 0 radical (unpaired) electrons. The highest BCUT2D eigenvalue weighted by Crippen LogP contribution is 2.29. The van der Waals surface area contributed by atoms with Crippen molar-refractivity contribution in [2.45, 2.75) is 12.8 Å². The van der Waals surface area contributed by atoms with E-state index in [1.807, 2.05) is 0 Å². The predicted octanol–water partition coefficient (Wildman–Crippen LogP) is 0.712. The number of likely N-dealkylation sites (tertiary alicyclic amines) is 1. The summed E-state index contributed by atoms with van der Waals surface area (Å²) in [5.41, 5.74) is 5.83. The molecular weight excluding hydrogens is 313 g/mol. The lowest BCUT2D eigenvalue weighted by atomic mass is 9.97. The molecule has 2 atom stereocenters. The van der Waals surface area contributed by atoms with Crippen LogP contribution in [0.1, 0.15) is 12.8 Å². The molecule has 2 amide bonds. The number of carbonyl (C=O) groups excluding carboxylic acids is 2. The van der Waals surface area contributed by atoms with Crippen molar-refractivity contribution in [3.05, 3.63) is 28.2 Å². The van der Waals surface area contributed by atoms with Crippen LogP contribution in [0.5, 0.6) is 0 Å². The fourth-order valence-electron chi connectivity index (χ4n) is 2.58. The van der Waals surface area contributed by atoms with Gasteiger partial charge in [0.05, 0.1) is 34.7 Å². The molecule has 1 aromatic rings. The molecule has 1 aliphatic rings. The van der Waals surface area contributed by atoms with Crippen LogP contribution >= 0.6 is 23.2 Å². The van der Waals surface area contributed by atoms with E-state index < -0.39 is 0 Å². The maximum atomic E-state index is 12.1. The highest BCUT2D eigenvalue weighted by Gasteiger charge is 2.28. The van der Waals surface area contributed by atoms with Crippen molar-refractivity contribution in [1.29, 1.82) is 0 Å². The number of piperidine rings is 1. The second-order valence-corrected chi connectivity index (χ2v) is 6.06. The van der Waals surface area contributed by atoms with Crippen LogP contribution in [0.3, 0.4) is 0 Å². The third-order valence-electron chi connectivity index (χ3n) is 3.66. The van der Waals surface area contributed by atoms with Crippen LogP contribution in [0.4, 0.5) is 5.69 Å². The van der Waals surface area contributed by atoms with Gasteiger partial charge in [0, 0.05) is 0 Å². The highest BCUT2D eigenvalue weighted by molar-refractivity contribution is 6.43. The minimum absolute atomic E-state index is 0.142. The first-order chi connectivity index (χ1) is 9.97. The van der Waals surface area contributed by atoms with Gasteiger partial charge in [-0.25, -0.2) is 0 Å². The summed E-state index contributed by atoms with van der Waals surface area (Å²) in [4.78, 5) is 24.4. The third kappa shape index (κ3) is 4.33. The largest absolute Gasteiger partial charge is 0.369 e. The lowest BCUT2D eigenvalue weighted by Gasteiger charge is -2.27. The molecule has 1 heterocycles. The quantitative estimate of drug-likeness (QED) is 0.760. The second kappa shape index (κ2) is 7.11. The molecule has 5 nitrogen and oxygen atoms in total. The summed E-state index contributed by atoms with van der Waals surface area (Å²) in [5, 5.41) is 3.48. The average molecular weight is 331 g/mol. The molecule has 4 N–H and O–H groups in total. The van der Waals surface area contributed by atoms with Gasteiger partial charge in [-0.15, -0.1) is 0 Å². The Morgan fingerprint density at radius 1 is 1.38 bits per heavy atom. The Balaban J connectivity index is 1.92. The van der Waals surface area contributed by atoms with E-state index in [-0.39, 0.29) is 24.3 Å². The Kier molecular flexibility index (Phi) is 5.45. The zero-order valence-electron chi connectivity index (χ0n) is 11.5. The molecular formula is C14H18Cl2N3O2+. The van der Waals surface area contributed by atoms with Crippen LogP contribution in [-0.4, -0.2) is 31.4 Å². The van der Waals surface area contributed by atoms with E-state index in [0.717, 1.165) is 24.3 Å². The Labute approximate surface area is 133 Å². The first kappa shape index (κ1) is 16.1. The van der Waals surface area contributed by atoms with Gasteiger partial charge in [-0.1, -0.05) is 29.3 Å². The van der Waals surface area contributed by atoms with E-state index in [9.17, 15) is 9.59 Å². The fourth-order valence-corrected chi connectivity index (χ4v) is 2.92. The van der Waals surface area contributed by atoms with Gasteiger partial charge in [0.2, 0.25) is 5.91 Å². The van der Waals surface area contributed by atoms with E-state index in [1.54, 1.807) is 18.2 Å². The van der Waals surface area contributed by atoms with Crippen molar-refractivity contribution >= 4 is 40.7 Å². The molecule has 0 aromatic heterocycles. The predicted molar refractivity (Wildman–Crippen MR) is 82.6 cm³/mol. The van der Waals surface area contributed by atoms with Gasteiger partial charge < -0.3 is 16.0 Å². The van der Waals surface area contributed by atoms with Crippen LogP contribution in [-0.2, 0) is 9.59 Å². The van der Waals surface area contributed by atoms with Crippen LogP contribution in [0.2, 0.25) is 10.0 Å².